The quantitative estimate of drug-likeness (QED) is 0.555. The summed E-state index contributed by atoms with van der Waals surface area (Å²) in [6.07, 6.45) is 0.845. The fraction of sp³-hybridized carbons (Fsp3) is 0.517. The van der Waals surface area contributed by atoms with E-state index >= 15 is 0 Å². The number of anilines is 1. The fourth-order valence-corrected chi connectivity index (χ4v) is 4.75. The number of carbonyl (C=O) groups excluding carboxylic acids is 2. The Morgan fingerprint density at radius 2 is 1.64 bits per heavy atom. The molecule has 0 radical (unpaired) electrons. The van der Waals surface area contributed by atoms with Crippen LogP contribution in [-0.2, 0) is 22.7 Å². The third-order valence-corrected chi connectivity index (χ3v) is 6.84. The largest absolute Gasteiger partial charge is 0.494 e. The second-order valence-corrected chi connectivity index (χ2v) is 9.25. The van der Waals surface area contributed by atoms with Crippen LogP contribution in [0.2, 0.25) is 0 Å². The summed E-state index contributed by atoms with van der Waals surface area (Å²) in [6, 6.07) is 16.1. The number of carbonyl (C=O) groups is 2. The lowest BCUT2D eigenvalue weighted by Crippen LogP contribution is -2.43. The smallest absolute Gasteiger partial charge is 0.237 e. The summed E-state index contributed by atoms with van der Waals surface area (Å²) >= 11 is 0. The van der Waals surface area contributed by atoms with Gasteiger partial charge in [-0.2, -0.15) is 0 Å². The van der Waals surface area contributed by atoms with E-state index in [4.69, 9.17) is 4.74 Å². The van der Waals surface area contributed by atoms with Crippen molar-refractivity contribution in [3.05, 3.63) is 59.7 Å². The van der Waals surface area contributed by atoms with E-state index in [1.807, 2.05) is 59.2 Å². The highest BCUT2D eigenvalue weighted by molar-refractivity contribution is 5.92. The predicted molar refractivity (Wildman–Crippen MR) is 145 cm³/mol. The normalized spacial score (nSPS) is 15.4. The Hall–Kier alpha value is -2.90. The standard InChI is InChI=1S/C29H42N4O3/c1-5-30(6-2)23-29(35)32-20-19-31(21-26-14-9-11-16-28(26)36-7-3)17-12-18-33(24(4)34)27-15-10-8-13-25(27)22-32/h8-11,13-16H,5-7,12,17-23H2,1-4H3. The number of rotatable bonds is 8. The lowest BCUT2D eigenvalue weighted by Gasteiger charge is -2.30. The molecule has 1 aliphatic heterocycles. The van der Waals surface area contributed by atoms with Gasteiger partial charge in [0.05, 0.1) is 13.2 Å². The van der Waals surface area contributed by atoms with Crippen LogP contribution in [0.25, 0.3) is 0 Å². The highest BCUT2D eigenvalue weighted by atomic mass is 16.5. The van der Waals surface area contributed by atoms with Gasteiger partial charge in [-0.25, -0.2) is 0 Å². The van der Waals surface area contributed by atoms with Crippen molar-refractivity contribution >= 4 is 17.5 Å². The van der Waals surface area contributed by atoms with E-state index in [-0.39, 0.29) is 11.8 Å². The highest BCUT2D eigenvalue weighted by Crippen LogP contribution is 2.25. The molecule has 0 aliphatic carbocycles. The van der Waals surface area contributed by atoms with Crippen molar-refractivity contribution in [1.82, 2.24) is 14.7 Å². The number of fused-ring (bicyclic) bond motifs is 1. The summed E-state index contributed by atoms with van der Waals surface area (Å²) in [5.41, 5.74) is 3.05. The van der Waals surface area contributed by atoms with Gasteiger partial charge in [-0.3, -0.25) is 19.4 Å². The monoisotopic (exact) mass is 494 g/mol. The van der Waals surface area contributed by atoms with E-state index in [9.17, 15) is 9.59 Å². The molecule has 0 unspecified atom stereocenters. The second-order valence-electron chi connectivity index (χ2n) is 9.25. The van der Waals surface area contributed by atoms with E-state index in [0.29, 0.717) is 32.8 Å². The molecule has 7 nitrogen and oxygen atoms in total. The number of likely N-dealkylation sites (N-methyl/N-ethyl adjacent to an activating group) is 1. The summed E-state index contributed by atoms with van der Waals surface area (Å²) < 4.78 is 5.87. The first kappa shape index (κ1) is 27.7. The Balaban J connectivity index is 1.90. The number of benzene rings is 2. The molecule has 2 amide bonds. The molecular formula is C29H42N4O3. The zero-order valence-corrected chi connectivity index (χ0v) is 22.4. The number of para-hydroxylation sites is 2. The van der Waals surface area contributed by atoms with Crippen LogP contribution in [0.5, 0.6) is 5.75 Å². The number of amides is 2. The molecule has 0 spiro atoms. The summed E-state index contributed by atoms with van der Waals surface area (Å²) in [5, 5.41) is 0. The lowest BCUT2D eigenvalue weighted by atomic mass is 10.1. The Kier molecular flexibility index (Phi) is 10.8. The first-order chi connectivity index (χ1) is 17.5. The minimum atomic E-state index is 0.0240. The van der Waals surface area contributed by atoms with Gasteiger partial charge in [0.25, 0.3) is 0 Å². The Morgan fingerprint density at radius 1 is 0.917 bits per heavy atom. The van der Waals surface area contributed by atoms with Gasteiger partial charge in [0, 0.05) is 57.4 Å². The molecule has 0 bridgehead atoms. The minimum absolute atomic E-state index is 0.0240. The number of ether oxygens (including phenoxy) is 1. The maximum absolute atomic E-state index is 13.5. The second kappa shape index (κ2) is 14.0. The number of hydrogen-bond donors (Lipinski definition) is 0. The molecule has 0 aromatic heterocycles. The van der Waals surface area contributed by atoms with Crippen molar-refractivity contribution in [1.29, 1.82) is 0 Å². The van der Waals surface area contributed by atoms with Crippen LogP contribution in [0.15, 0.2) is 48.5 Å². The van der Waals surface area contributed by atoms with Gasteiger partial charge in [0.1, 0.15) is 5.75 Å². The Labute approximate surface area is 216 Å². The molecule has 1 heterocycles. The van der Waals surface area contributed by atoms with Crippen molar-refractivity contribution in [3.63, 3.8) is 0 Å². The van der Waals surface area contributed by atoms with Crippen molar-refractivity contribution in [3.8, 4) is 5.75 Å². The zero-order valence-electron chi connectivity index (χ0n) is 22.4. The minimum Gasteiger partial charge on any atom is -0.494 e. The molecule has 36 heavy (non-hydrogen) atoms. The maximum atomic E-state index is 13.5. The van der Waals surface area contributed by atoms with Gasteiger partial charge in [0.15, 0.2) is 0 Å². The van der Waals surface area contributed by atoms with E-state index in [1.165, 1.54) is 0 Å². The first-order valence-corrected chi connectivity index (χ1v) is 13.3. The highest BCUT2D eigenvalue weighted by Gasteiger charge is 2.23. The van der Waals surface area contributed by atoms with Gasteiger partial charge in [-0.15, -0.1) is 0 Å². The third kappa shape index (κ3) is 7.55. The molecule has 0 atom stereocenters. The molecule has 7 heteroatoms. The van der Waals surface area contributed by atoms with Crippen LogP contribution in [0.1, 0.15) is 45.2 Å². The van der Waals surface area contributed by atoms with Crippen LogP contribution in [0, 0.1) is 0 Å². The predicted octanol–water partition coefficient (Wildman–Crippen LogP) is 4.01. The summed E-state index contributed by atoms with van der Waals surface area (Å²) in [5.74, 6) is 1.05. The number of nitrogens with zero attached hydrogens (tertiary/aromatic N) is 4. The maximum Gasteiger partial charge on any atom is 0.237 e. The van der Waals surface area contributed by atoms with Crippen LogP contribution in [0.3, 0.4) is 0 Å². The van der Waals surface area contributed by atoms with Crippen LogP contribution < -0.4 is 9.64 Å². The van der Waals surface area contributed by atoms with E-state index in [0.717, 1.165) is 61.7 Å². The molecule has 0 N–H and O–H groups in total. The molecule has 3 rings (SSSR count). The van der Waals surface area contributed by atoms with Crippen molar-refractivity contribution in [2.75, 3.05) is 57.3 Å². The Bertz CT molecular complexity index is 992. The Morgan fingerprint density at radius 3 is 2.36 bits per heavy atom. The zero-order chi connectivity index (χ0) is 25.9. The van der Waals surface area contributed by atoms with Crippen LogP contribution in [-0.4, -0.2) is 78.9 Å². The molecule has 2 aromatic carbocycles. The average molecular weight is 495 g/mol. The van der Waals surface area contributed by atoms with Crippen LogP contribution >= 0.6 is 0 Å². The van der Waals surface area contributed by atoms with E-state index < -0.39 is 0 Å². The van der Waals surface area contributed by atoms with Gasteiger partial charge < -0.3 is 14.5 Å². The summed E-state index contributed by atoms with van der Waals surface area (Å²) in [7, 11) is 0. The molecule has 0 saturated carbocycles. The average Bonchev–Trinajstić information content (AvgIpc) is 2.91. The van der Waals surface area contributed by atoms with E-state index in [1.54, 1.807) is 6.92 Å². The molecule has 2 aromatic rings. The SMILES string of the molecule is CCOc1ccccc1CN1CCCN(C(C)=O)c2ccccc2CN(C(=O)CN(CC)CC)CC1. The molecular weight excluding hydrogens is 452 g/mol. The molecule has 0 saturated heterocycles. The van der Waals surface area contributed by atoms with Gasteiger partial charge >= 0.3 is 0 Å². The lowest BCUT2D eigenvalue weighted by molar-refractivity contribution is -0.133. The third-order valence-electron chi connectivity index (χ3n) is 6.84. The van der Waals surface area contributed by atoms with Crippen molar-refractivity contribution in [2.24, 2.45) is 0 Å². The van der Waals surface area contributed by atoms with E-state index in [2.05, 4.69) is 29.7 Å². The topological polar surface area (TPSA) is 56.3 Å². The van der Waals surface area contributed by atoms with Gasteiger partial charge in [0.2, 0.25) is 11.8 Å². The molecule has 1 aliphatic rings. The number of hydrogen-bond acceptors (Lipinski definition) is 5. The van der Waals surface area contributed by atoms with Crippen LogP contribution in [0.4, 0.5) is 5.69 Å². The first-order valence-electron chi connectivity index (χ1n) is 13.3. The summed E-state index contributed by atoms with van der Waals surface area (Å²) in [6.45, 7) is 14.6. The fourth-order valence-electron chi connectivity index (χ4n) is 4.75. The van der Waals surface area contributed by atoms with Crippen molar-refractivity contribution in [2.45, 2.75) is 47.2 Å². The van der Waals surface area contributed by atoms with Crippen molar-refractivity contribution < 1.29 is 14.3 Å². The van der Waals surface area contributed by atoms with Gasteiger partial charge in [-0.1, -0.05) is 50.2 Å². The summed E-state index contributed by atoms with van der Waals surface area (Å²) in [4.78, 5) is 34.5. The molecule has 196 valence electrons. The van der Waals surface area contributed by atoms with Gasteiger partial charge in [-0.05, 0) is 44.1 Å². The molecule has 0 fully saturated rings.